The predicted octanol–water partition coefficient (Wildman–Crippen LogP) is 5.04. The summed E-state index contributed by atoms with van der Waals surface area (Å²) in [5.41, 5.74) is 6.03. The molecule has 1 heterocycles. The molecule has 0 spiro atoms. The number of anilines is 1. The maximum atomic E-state index is 4.70. The first-order valence-corrected chi connectivity index (χ1v) is 7.92. The van der Waals surface area contributed by atoms with Crippen molar-refractivity contribution in [2.24, 2.45) is 0 Å². The van der Waals surface area contributed by atoms with Crippen molar-refractivity contribution in [2.75, 3.05) is 5.32 Å². The average molecular weight is 294 g/mol. The lowest BCUT2D eigenvalue weighted by molar-refractivity contribution is 1.10. The predicted molar refractivity (Wildman–Crippen MR) is 90.8 cm³/mol. The minimum atomic E-state index is 0.766. The molecule has 2 nitrogen and oxygen atoms in total. The number of rotatable bonds is 4. The van der Waals surface area contributed by atoms with Gasteiger partial charge in [0.1, 0.15) is 5.01 Å². The third-order valence-electron chi connectivity index (χ3n) is 3.66. The summed E-state index contributed by atoms with van der Waals surface area (Å²) in [6.45, 7) is 5.05. The fourth-order valence-electron chi connectivity index (χ4n) is 2.25. The number of aromatic nitrogens is 1. The van der Waals surface area contributed by atoms with Crippen LogP contribution in [0.1, 0.15) is 16.1 Å². The third-order valence-corrected chi connectivity index (χ3v) is 4.50. The highest BCUT2D eigenvalue weighted by Crippen LogP contribution is 2.23. The quantitative estimate of drug-likeness (QED) is 0.729. The Balaban J connectivity index is 1.72. The van der Waals surface area contributed by atoms with Crippen molar-refractivity contribution in [3.8, 4) is 11.3 Å². The van der Waals surface area contributed by atoms with E-state index in [1.165, 1.54) is 22.4 Å². The molecular formula is C18H18N2S. The fraction of sp³-hybridized carbons (Fsp3) is 0.167. The Morgan fingerprint density at radius 1 is 1.00 bits per heavy atom. The van der Waals surface area contributed by atoms with Crippen LogP contribution in [0.3, 0.4) is 0 Å². The molecule has 0 aliphatic heterocycles. The first-order chi connectivity index (χ1) is 10.2. The van der Waals surface area contributed by atoms with E-state index in [0.29, 0.717) is 0 Å². The Bertz CT molecular complexity index is 732. The second-order valence-electron chi connectivity index (χ2n) is 5.09. The van der Waals surface area contributed by atoms with E-state index in [-0.39, 0.29) is 0 Å². The molecule has 2 aromatic carbocycles. The van der Waals surface area contributed by atoms with E-state index in [1.807, 2.05) is 18.2 Å². The van der Waals surface area contributed by atoms with E-state index >= 15 is 0 Å². The molecule has 0 bridgehead atoms. The third kappa shape index (κ3) is 3.14. The van der Waals surface area contributed by atoms with Gasteiger partial charge in [0.2, 0.25) is 0 Å². The summed E-state index contributed by atoms with van der Waals surface area (Å²) in [4.78, 5) is 4.70. The summed E-state index contributed by atoms with van der Waals surface area (Å²) in [6, 6.07) is 16.6. The Hall–Kier alpha value is -2.13. The van der Waals surface area contributed by atoms with Crippen LogP contribution < -0.4 is 5.32 Å². The summed E-state index contributed by atoms with van der Waals surface area (Å²) >= 11 is 1.70. The van der Waals surface area contributed by atoms with Crippen LogP contribution >= 0.6 is 11.3 Å². The van der Waals surface area contributed by atoms with Crippen molar-refractivity contribution in [3.05, 3.63) is 70.0 Å². The number of aryl methyl sites for hydroxylation is 1. The highest BCUT2D eigenvalue weighted by atomic mass is 32.1. The number of thiazole rings is 1. The normalized spacial score (nSPS) is 10.6. The summed E-state index contributed by atoms with van der Waals surface area (Å²) in [7, 11) is 0. The largest absolute Gasteiger partial charge is 0.378 e. The van der Waals surface area contributed by atoms with Gasteiger partial charge in [-0.05, 0) is 31.0 Å². The second-order valence-corrected chi connectivity index (χ2v) is 6.04. The van der Waals surface area contributed by atoms with Gasteiger partial charge in [-0.2, -0.15) is 0 Å². The van der Waals surface area contributed by atoms with E-state index in [1.54, 1.807) is 11.3 Å². The van der Waals surface area contributed by atoms with Gasteiger partial charge in [-0.3, -0.25) is 0 Å². The zero-order valence-corrected chi connectivity index (χ0v) is 13.1. The Morgan fingerprint density at radius 2 is 1.81 bits per heavy atom. The van der Waals surface area contributed by atoms with Crippen LogP contribution in [0, 0.1) is 13.8 Å². The van der Waals surface area contributed by atoms with Crippen molar-refractivity contribution in [2.45, 2.75) is 20.4 Å². The van der Waals surface area contributed by atoms with Gasteiger partial charge in [-0.25, -0.2) is 4.98 Å². The molecule has 106 valence electrons. The lowest BCUT2D eigenvalue weighted by atomic mass is 10.1. The Kier molecular flexibility index (Phi) is 4.02. The zero-order chi connectivity index (χ0) is 14.7. The van der Waals surface area contributed by atoms with Crippen LogP contribution in [-0.4, -0.2) is 4.98 Å². The van der Waals surface area contributed by atoms with Crippen molar-refractivity contribution in [1.29, 1.82) is 0 Å². The summed E-state index contributed by atoms with van der Waals surface area (Å²) in [6.07, 6.45) is 0. The molecule has 1 aromatic heterocycles. The number of nitrogens with zero attached hydrogens (tertiary/aromatic N) is 1. The lowest BCUT2D eigenvalue weighted by Crippen LogP contribution is -2.01. The molecule has 3 heteroatoms. The first-order valence-electron chi connectivity index (χ1n) is 7.04. The zero-order valence-electron chi connectivity index (χ0n) is 12.3. The van der Waals surface area contributed by atoms with E-state index in [4.69, 9.17) is 4.98 Å². The molecule has 0 radical (unpaired) electrons. The van der Waals surface area contributed by atoms with Gasteiger partial charge in [0.25, 0.3) is 0 Å². The van der Waals surface area contributed by atoms with Gasteiger partial charge < -0.3 is 5.32 Å². The molecule has 1 N–H and O–H groups in total. The molecule has 0 saturated heterocycles. The lowest BCUT2D eigenvalue weighted by Gasteiger charge is -2.09. The molecule has 0 saturated carbocycles. The van der Waals surface area contributed by atoms with Crippen LogP contribution in [0.2, 0.25) is 0 Å². The smallest absolute Gasteiger partial charge is 0.112 e. The van der Waals surface area contributed by atoms with E-state index in [9.17, 15) is 0 Å². The van der Waals surface area contributed by atoms with Gasteiger partial charge in [0.05, 0.1) is 12.2 Å². The van der Waals surface area contributed by atoms with Gasteiger partial charge in [-0.1, -0.05) is 42.5 Å². The first kappa shape index (κ1) is 13.8. The van der Waals surface area contributed by atoms with E-state index < -0.39 is 0 Å². The van der Waals surface area contributed by atoms with Gasteiger partial charge in [-0.15, -0.1) is 11.3 Å². The summed E-state index contributed by atoms with van der Waals surface area (Å²) in [5, 5.41) is 6.71. The van der Waals surface area contributed by atoms with Crippen LogP contribution in [-0.2, 0) is 6.54 Å². The molecule has 3 rings (SSSR count). The average Bonchev–Trinajstić information content (AvgIpc) is 2.99. The van der Waals surface area contributed by atoms with Gasteiger partial charge >= 0.3 is 0 Å². The molecule has 0 aliphatic carbocycles. The van der Waals surface area contributed by atoms with Crippen LogP contribution in [0.15, 0.2) is 53.9 Å². The summed E-state index contributed by atoms with van der Waals surface area (Å²) in [5.74, 6) is 0. The van der Waals surface area contributed by atoms with Crippen molar-refractivity contribution in [1.82, 2.24) is 4.98 Å². The molecule has 3 aromatic rings. The minimum Gasteiger partial charge on any atom is -0.378 e. The van der Waals surface area contributed by atoms with Crippen LogP contribution in [0.4, 0.5) is 5.69 Å². The highest BCUT2D eigenvalue weighted by molar-refractivity contribution is 7.09. The maximum Gasteiger partial charge on any atom is 0.112 e. The van der Waals surface area contributed by atoms with Crippen LogP contribution in [0.5, 0.6) is 0 Å². The molecular weight excluding hydrogens is 276 g/mol. The topological polar surface area (TPSA) is 24.9 Å². The SMILES string of the molecule is Cc1cccc(NCc2nc(-c3ccccc3)cs2)c1C. The van der Waals surface area contributed by atoms with Crippen LogP contribution in [0.25, 0.3) is 11.3 Å². The van der Waals surface area contributed by atoms with Gasteiger partial charge in [0, 0.05) is 16.6 Å². The highest BCUT2D eigenvalue weighted by Gasteiger charge is 2.05. The Morgan fingerprint density at radius 3 is 2.62 bits per heavy atom. The molecule has 0 amide bonds. The molecule has 0 unspecified atom stereocenters. The van der Waals surface area contributed by atoms with E-state index in [0.717, 1.165) is 17.2 Å². The Labute approximate surface area is 129 Å². The van der Waals surface area contributed by atoms with Crippen molar-refractivity contribution < 1.29 is 0 Å². The summed E-state index contributed by atoms with van der Waals surface area (Å²) < 4.78 is 0. The standard InChI is InChI=1S/C18H18N2S/c1-13-7-6-10-16(14(13)2)19-11-18-20-17(12-21-18)15-8-4-3-5-9-15/h3-10,12,19H,11H2,1-2H3. The monoisotopic (exact) mass is 294 g/mol. The minimum absolute atomic E-state index is 0.766. The number of nitrogens with one attached hydrogen (secondary N) is 1. The molecule has 0 fully saturated rings. The second kappa shape index (κ2) is 6.10. The van der Waals surface area contributed by atoms with Gasteiger partial charge in [0.15, 0.2) is 0 Å². The number of benzene rings is 2. The maximum absolute atomic E-state index is 4.70. The van der Waals surface area contributed by atoms with E-state index in [2.05, 4.69) is 54.9 Å². The van der Waals surface area contributed by atoms with Crippen molar-refractivity contribution in [3.63, 3.8) is 0 Å². The fourth-order valence-corrected chi connectivity index (χ4v) is 2.99. The van der Waals surface area contributed by atoms with Crippen molar-refractivity contribution >= 4 is 17.0 Å². The molecule has 0 atom stereocenters. The molecule has 0 aliphatic rings. The molecule has 21 heavy (non-hydrogen) atoms. The number of hydrogen-bond acceptors (Lipinski definition) is 3. The number of hydrogen-bond donors (Lipinski definition) is 1.